The van der Waals surface area contributed by atoms with E-state index in [9.17, 15) is 9.18 Å². The Labute approximate surface area is 162 Å². The van der Waals surface area contributed by atoms with E-state index in [4.69, 9.17) is 10.5 Å². The second-order valence-corrected chi connectivity index (χ2v) is 7.37. The van der Waals surface area contributed by atoms with Crippen LogP contribution < -0.4 is 16.0 Å². The minimum absolute atomic E-state index is 0.0658. The molecule has 0 aliphatic heterocycles. The van der Waals surface area contributed by atoms with Crippen LogP contribution in [0.2, 0.25) is 0 Å². The van der Waals surface area contributed by atoms with Gasteiger partial charge in [-0.25, -0.2) is 4.39 Å². The third-order valence-electron chi connectivity index (χ3n) is 4.88. The highest BCUT2D eigenvalue weighted by Crippen LogP contribution is 2.32. The van der Waals surface area contributed by atoms with Crippen LogP contribution in [0.5, 0.6) is 11.5 Å². The van der Waals surface area contributed by atoms with Crippen LogP contribution >= 0.6 is 0 Å². The Kier molecular flexibility index (Phi) is 4.63. The van der Waals surface area contributed by atoms with Crippen LogP contribution in [0.25, 0.3) is 11.1 Å². The number of ether oxygens (including phenoxy) is 1. The molecule has 0 radical (unpaired) electrons. The van der Waals surface area contributed by atoms with Gasteiger partial charge in [0.2, 0.25) is 0 Å². The van der Waals surface area contributed by atoms with E-state index in [0.29, 0.717) is 29.5 Å². The van der Waals surface area contributed by atoms with E-state index in [0.717, 1.165) is 24.2 Å². The summed E-state index contributed by atoms with van der Waals surface area (Å²) in [5.74, 6) is 1.02. The molecular weight excluding hydrogens is 357 g/mol. The van der Waals surface area contributed by atoms with Crippen LogP contribution in [0.4, 0.5) is 10.1 Å². The molecule has 1 fully saturated rings. The molecule has 0 atom stereocenters. The van der Waals surface area contributed by atoms with Crippen LogP contribution in [-0.4, -0.2) is 9.55 Å². The predicted molar refractivity (Wildman–Crippen MR) is 107 cm³/mol. The molecule has 0 saturated heterocycles. The van der Waals surface area contributed by atoms with Crippen molar-refractivity contribution in [1.29, 1.82) is 0 Å². The number of nitrogens with two attached hydrogens (primary N) is 1. The molecule has 2 N–H and O–H groups in total. The molecule has 1 aliphatic carbocycles. The van der Waals surface area contributed by atoms with E-state index in [2.05, 4.69) is 4.98 Å². The number of rotatable bonds is 5. The topological polar surface area (TPSA) is 70.1 Å². The number of hydrogen-bond acceptors (Lipinski definition) is 4. The quantitative estimate of drug-likeness (QED) is 0.711. The van der Waals surface area contributed by atoms with Gasteiger partial charge in [0.1, 0.15) is 23.0 Å². The summed E-state index contributed by atoms with van der Waals surface area (Å²) in [6, 6.07) is 9.83. The van der Waals surface area contributed by atoms with Crippen LogP contribution in [0.1, 0.15) is 24.2 Å². The van der Waals surface area contributed by atoms with Crippen molar-refractivity contribution in [3.8, 4) is 22.6 Å². The molecule has 1 aromatic carbocycles. The molecule has 4 rings (SSSR count). The molecule has 0 amide bonds. The minimum atomic E-state index is -0.494. The van der Waals surface area contributed by atoms with Crippen molar-refractivity contribution in [2.24, 2.45) is 5.92 Å². The lowest BCUT2D eigenvalue weighted by molar-refractivity contribution is 0.475. The zero-order valence-corrected chi connectivity index (χ0v) is 15.9. The lowest BCUT2D eigenvalue weighted by Gasteiger charge is -2.12. The standard InChI is InChI=1S/C22H22FN3O2/c1-13-9-17(10-14(2)25-13)28-16-5-6-18(20(23)11-16)19-7-8-26(12-15-3-4-15)22(27)21(19)24/h5-11,15H,3-4,12,24H2,1-2H3. The number of aryl methyl sites for hydroxylation is 2. The smallest absolute Gasteiger partial charge is 0.274 e. The summed E-state index contributed by atoms with van der Waals surface area (Å²) in [6.07, 6.45) is 3.97. The monoisotopic (exact) mass is 379 g/mol. The number of benzene rings is 1. The van der Waals surface area contributed by atoms with Crippen LogP contribution in [-0.2, 0) is 6.54 Å². The number of hydrogen-bond donors (Lipinski definition) is 1. The highest BCUT2D eigenvalue weighted by atomic mass is 19.1. The molecule has 144 valence electrons. The maximum Gasteiger partial charge on any atom is 0.274 e. The largest absolute Gasteiger partial charge is 0.457 e. The summed E-state index contributed by atoms with van der Waals surface area (Å²) in [6.45, 7) is 4.42. The molecule has 1 saturated carbocycles. The van der Waals surface area contributed by atoms with Gasteiger partial charge < -0.3 is 15.0 Å². The molecule has 0 unspecified atom stereocenters. The Balaban J connectivity index is 1.62. The van der Waals surface area contributed by atoms with Gasteiger partial charge in [0.15, 0.2) is 0 Å². The Morgan fingerprint density at radius 3 is 2.46 bits per heavy atom. The van der Waals surface area contributed by atoms with Gasteiger partial charge in [-0.2, -0.15) is 0 Å². The summed E-state index contributed by atoms with van der Waals surface area (Å²) in [5.41, 5.74) is 8.16. The maximum atomic E-state index is 14.8. The molecule has 0 bridgehead atoms. The lowest BCUT2D eigenvalue weighted by atomic mass is 10.0. The Hall–Kier alpha value is -3.15. The first-order valence-electron chi connectivity index (χ1n) is 9.32. The first-order chi connectivity index (χ1) is 13.4. The number of anilines is 1. The second-order valence-electron chi connectivity index (χ2n) is 7.37. The Morgan fingerprint density at radius 1 is 1.11 bits per heavy atom. The van der Waals surface area contributed by atoms with Crippen molar-refractivity contribution in [1.82, 2.24) is 9.55 Å². The van der Waals surface area contributed by atoms with E-state index in [1.54, 1.807) is 41.1 Å². The number of halogens is 1. The average Bonchev–Trinajstić information content (AvgIpc) is 3.43. The Bertz CT molecular complexity index is 1080. The van der Waals surface area contributed by atoms with Gasteiger partial charge in [-0.3, -0.25) is 9.78 Å². The van der Waals surface area contributed by atoms with Gasteiger partial charge in [0, 0.05) is 53.5 Å². The summed E-state index contributed by atoms with van der Waals surface area (Å²) in [4.78, 5) is 16.8. The van der Waals surface area contributed by atoms with Crippen molar-refractivity contribution in [3.05, 3.63) is 70.2 Å². The summed E-state index contributed by atoms with van der Waals surface area (Å²) < 4.78 is 22.1. The third-order valence-corrected chi connectivity index (χ3v) is 4.88. The fourth-order valence-electron chi connectivity index (χ4n) is 3.32. The van der Waals surface area contributed by atoms with Crippen molar-refractivity contribution >= 4 is 5.69 Å². The van der Waals surface area contributed by atoms with Gasteiger partial charge in [-0.05, 0) is 50.8 Å². The van der Waals surface area contributed by atoms with E-state index in [1.807, 2.05) is 13.8 Å². The second kappa shape index (κ2) is 7.11. The first-order valence-corrected chi connectivity index (χ1v) is 9.32. The van der Waals surface area contributed by atoms with E-state index in [-0.39, 0.29) is 16.8 Å². The fraction of sp³-hybridized carbons (Fsp3) is 0.273. The molecule has 1 aliphatic rings. The minimum Gasteiger partial charge on any atom is -0.457 e. The van der Waals surface area contributed by atoms with Gasteiger partial charge >= 0.3 is 0 Å². The van der Waals surface area contributed by atoms with Gasteiger partial charge in [-0.15, -0.1) is 0 Å². The van der Waals surface area contributed by atoms with E-state index >= 15 is 0 Å². The van der Waals surface area contributed by atoms with Crippen molar-refractivity contribution in [2.45, 2.75) is 33.2 Å². The van der Waals surface area contributed by atoms with Crippen LogP contribution in [0, 0.1) is 25.6 Å². The summed E-state index contributed by atoms with van der Waals surface area (Å²) >= 11 is 0. The molecule has 28 heavy (non-hydrogen) atoms. The first kappa shape index (κ1) is 18.2. The van der Waals surface area contributed by atoms with Crippen molar-refractivity contribution < 1.29 is 9.13 Å². The summed E-state index contributed by atoms with van der Waals surface area (Å²) in [7, 11) is 0. The third kappa shape index (κ3) is 3.76. The van der Waals surface area contributed by atoms with Crippen LogP contribution in [0.3, 0.4) is 0 Å². The normalized spacial score (nSPS) is 13.5. The number of nitrogens with zero attached hydrogens (tertiary/aromatic N) is 2. The van der Waals surface area contributed by atoms with Crippen molar-refractivity contribution in [2.75, 3.05) is 5.73 Å². The average molecular weight is 379 g/mol. The molecular formula is C22H22FN3O2. The number of nitrogen functional groups attached to an aromatic ring is 1. The maximum absolute atomic E-state index is 14.8. The molecule has 5 nitrogen and oxygen atoms in total. The van der Waals surface area contributed by atoms with Gasteiger partial charge in [-0.1, -0.05) is 0 Å². The number of aromatic nitrogens is 2. The molecule has 2 aromatic heterocycles. The highest BCUT2D eigenvalue weighted by molar-refractivity contribution is 5.76. The SMILES string of the molecule is Cc1cc(Oc2ccc(-c3ccn(CC4CC4)c(=O)c3N)c(F)c2)cc(C)n1. The summed E-state index contributed by atoms with van der Waals surface area (Å²) in [5, 5.41) is 0. The predicted octanol–water partition coefficient (Wildman–Crippen LogP) is 4.45. The van der Waals surface area contributed by atoms with Gasteiger partial charge in [0.25, 0.3) is 5.56 Å². The molecule has 3 aromatic rings. The Morgan fingerprint density at radius 2 is 1.82 bits per heavy atom. The van der Waals surface area contributed by atoms with Gasteiger partial charge in [0.05, 0.1) is 0 Å². The van der Waals surface area contributed by atoms with Crippen LogP contribution in [0.15, 0.2) is 47.4 Å². The molecule has 0 spiro atoms. The van der Waals surface area contributed by atoms with E-state index < -0.39 is 5.82 Å². The fourth-order valence-corrected chi connectivity index (χ4v) is 3.32. The molecule has 2 heterocycles. The highest BCUT2D eigenvalue weighted by Gasteiger charge is 2.23. The van der Waals surface area contributed by atoms with Crippen molar-refractivity contribution in [3.63, 3.8) is 0 Å². The number of pyridine rings is 2. The zero-order chi connectivity index (χ0) is 19.8. The van der Waals surface area contributed by atoms with E-state index in [1.165, 1.54) is 6.07 Å². The molecule has 6 heteroatoms. The lowest BCUT2D eigenvalue weighted by Crippen LogP contribution is -2.23. The zero-order valence-electron chi connectivity index (χ0n) is 15.9.